The number of carbonyl (C=O) groups excluding carboxylic acids is 1. The van der Waals surface area contributed by atoms with Gasteiger partial charge in [0.2, 0.25) is 0 Å². The van der Waals surface area contributed by atoms with Gasteiger partial charge < -0.3 is 10.0 Å². The molecule has 0 radical (unpaired) electrons. The van der Waals surface area contributed by atoms with E-state index in [1.54, 1.807) is 25.8 Å². The molecule has 4 heteroatoms. The first-order valence-corrected chi connectivity index (χ1v) is 6.65. The third kappa shape index (κ3) is 3.82. The van der Waals surface area contributed by atoms with Crippen molar-refractivity contribution >= 4 is 17.2 Å². The summed E-state index contributed by atoms with van der Waals surface area (Å²) < 4.78 is 0. The number of hydrogen-bond acceptors (Lipinski definition) is 3. The molecule has 0 unspecified atom stereocenters. The van der Waals surface area contributed by atoms with Gasteiger partial charge in [-0.1, -0.05) is 13.8 Å². The molecule has 1 aromatic heterocycles. The molecule has 0 aliphatic heterocycles. The summed E-state index contributed by atoms with van der Waals surface area (Å²) in [4.78, 5) is 14.6. The van der Waals surface area contributed by atoms with Gasteiger partial charge in [-0.3, -0.25) is 4.79 Å². The fraction of sp³-hybridized carbons (Fsp3) is 0.615. The molecular weight excluding hydrogens is 234 g/mol. The van der Waals surface area contributed by atoms with E-state index in [4.69, 9.17) is 0 Å². The first-order valence-electron chi connectivity index (χ1n) is 5.77. The highest BCUT2D eigenvalue weighted by atomic mass is 32.1. The van der Waals surface area contributed by atoms with Crippen LogP contribution in [0.5, 0.6) is 0 Å². The lowest BCUT2D eigenvalue weighted by Crippen LogP contribution is -2.39. The van der Waals surface area contributed by atoms with Crippen LogP contribution < -0.4 is 0 Å². The lowest BCUT2D eigenvalue weighted by molar-refractivity contribution is 0.0370. The van der Waals surface area contributed by atoms with Crippen molar-refractivity contribution in [3.05, 3.63) is 21.9 Å². The summed E-state index contributed by atoms with van der Waals surface area (Å²) in [5.41, 5.74) is 0.224. The highest BCUT2D eigenvalue weighted by Gasteiger charge is 2.23. The van der Waals surface area contributed by atoms with Crippen LogP contribution in [-0.4, -0.2) is 35.1 Å². The van der Waals surface area contributed by atoms with Gasteiger partial charge in [-0.05, 0) is 36.8 Å². The second-order valence-electron chi connectivity index (χ2n) is 5.33. The van der Waals surface area contributed by atoms with Gasteiger partial charge >= 0.3 is 0 Å². The molecule has 0 saturated carbocycles. The van der Waals surface area contributed by atoms with Gasteiger partial charge in [0, 0.05) is 13.6 Å². The van der Waals surface area contributed by atoms with Crippen LogP contribution in [0.4, 0.5) is 0 Å². The van der Waals surface area contributed by atoms with E-state index in [0.29, 0.717) is 12.5 Å². The molecule has 1 rings (SSSR count). The molecule has 0 fully saturated rings. The molecule has 0 spiro atoms. The standard InChI is InChI=1S/C13H21NO2S/c1-9(2)10-6-7-17-11(10)12(15)14(5)8-13(3,4)16/h6-7,9,16H,8H2,1-5H3. The largest absolute Gasteiger partial charge is 0.389 e. The van der Waals surface area contributed by atoms with Gasteiger partial charge in [-0.2, -0.15) is 0 Å². The van der Waals surface area contributed by atoms with Gasteiger partial charge in [0.1, 0.15) is 0 Å². The Morgan fingerprint density at radius 1 is 1.53 bits per heavy atom. The maximum atomic E-state index is 12.2. The van der Waals surface area contributed by atoms with Crippen molar-refractivity contribution in [2.75, 3.05) is 13.6 Å². The molecule has 1 heterocycles. The van der Waals surface area contributed by atoms with Crippen molar-refractivity contribution in [1.82, 2.24) is 4.90 Å². The molecule has 1 aromatic rings. The normalized spacial score (nSPS) is 11.9. The third-order valence-electron chi connectivity index (χ3n) is 2.48. The topological polar surface area (TPSA) is 40.5 Å². The Labute approximate surface area is 107 Å². The average molecular weight is 255 g/mol. The molecule has 17 heavy (non-hydrogen) atoms. The molecule has 0 saturated heterocycles. The van der Waals surface area contributed by atoms with Crippen molar-refractivity contribution in [3.63, 3.8) is 0 Å². The summed E-state index contributed by atoms with van der Waals surface area (Å²) in [6, 6.07) is 2.00. The zero-order valence-electron chi connectivity index (χ0n) is 11.2. The number of amides is 1. The van der Waals surface area contributed by atoms with E-state index in [9.17, 15) is 9.90 Å². The van der Waals surface area contributed by atoms with Crippen LogP contribution in [0, 0.1) is 0 Å². The van der Waals surface area contributed by atoms with Crippen LogP contribution in [0.15, 0.2) is 11.4 Å². The van der Waals surface area contributed by atoms with Gasteiger partial charge in [0.25, 0.3) is 5.91 Å². The molecule has 96 valence electrons. The Hall–Kier alpha value is -0.870. The van der Waals surface area contributed by atoms with E-state index in [2.05, 4.69) is 13.8 Å². The minimum absolute atomic E-state index is 0.00850. The second-order valence-corrected chi connectivity index (χ2v) is 6.25. The first-order chi connectivity index (χ1) is 7.72. The Balaban J connectivity index is 2.86. The molecule has 1 N–H and O–H groups in total. The summed E-state index contributed by atoms with van der Waals surface area (Å²) >= 11 is 1.47. The van der Waals surface area contributed by atoms with Crippen molar-refractivity contribution in [3.8, 4) is 0 Å². The predicted octanol–water partition coefficient (Wildman–Crippen LogP) is 2.71. The minimum Gasteiger partial charge on any atom is -0.389 e. The van der Waals surface area contributed by atoms with Gasteiger partial charge in [0.05, 0.1) is 10.5 Å². The first kappa shape index (κ1) is 14.2. The fourth-order valence-corrected chi connectivity index (χ4v) is 2.82. The molecule has 0 atom stereocenters. The van der Waals surface area contributed by atoms with E-state index in [1.165, 1.54) is 11.3 Å². The molecule has 0 aliphatic rings. The number of rotatable bonds is 4. The number of aliphatic hydroxyl groups is 1. The fourth-order valence-electron chi connectivity index (χ4n) is 1.77. The SMILES string of the molecule is CC(C)c1ccsc1C(=O)N(C)CC(C)(C)O. The van der Waals surface area contributed by atoms with E-state index in [0.717, 1.165) is 10.4 Å². The van der Waals surface area contributed by atoms with E-state index in [1.807, 2.05) is 11.4 Å². The summed E-state index contributed by atoms with van der Waals surface area (Å²) in [7, 11) is 1.73. The van der Waals surface area contributed by atoms with Crippen molar-refractivity contribution in [2.45, 2.75) is 39.2 Å². The highest BCUT2D eigenvalue weighted by Crippen LogP contribution is 2.26. The Bertz CT molecular complexity index is 390. The van der Waals surface area contributed by atoms with Gasteiger partial charge in [0.15, 0.2) is 0 Å². The maximum absolute atomic E-state index is 12.2. The van der Waals surface area contributed by atoms with Gasteiger partial charge in [-0.15, -0.1) is 11.3 Å². The monoisotopic (exact) mass is 255 g/mol. The molecular formula is C13H21NO2S. The van der Waals surface area contributed by atoms with E-state index in [-0.39, 0.29) is 5.91 Å². The second kappa shape index (κ2) is 5.19. The third-order valence-corrected chi connectivity index (χ3v) is 3.40. The highest BCUT2D eigenvalue weighted by molar-refractivity contribution is 7.12. The van der Waals surface area contributed by atoms with Crippen LogP contribution in [0.1, 0.15) is 48.8 Å². The predicted molar refractivity (Wildman–Crippen MR) is 71.7 cm³/mol. The quantitative estimate of drug-likeness (QED) is 0.898. The van der Waals surface area contributed by atoms with Crippen LogP contribution in [0.2, 0.25) is 0 Å². The molecule has 0 aliphatic carbocycles. The number of hydrogen-bond donors (Lipinski definition) is 1. The molecule has 1 amide bonds. The molecule has 0 bridgehead atoms. The smallest absolute Gasteiger partial charge is 0.264 e. The zero-order valence-corrected chi connectivity index (χ0v) is 12.0. The Morgan fingerprint density at radius 3 is 2.59 bits per heavy atom. The maximum Gasteiger partial charge on any atom is 0.264 e. The number of carbonyl (C=O) groups is 1. The number of likely N-dealkylation sites (N-methyl/N-ethyl adjacent to an activating group) is 1. The number of nitrogens with zero attached hydrogens (tertiary/aromatic N) is 1. The minimum atomic E-state index is -0.861. The molecule has 0 aromatic carbocycles. The van der Waals surface area contributed by atoms with Gasteiger partial charge in [-0.25, -0.2) is 0 Å². The summed E-state index contributed by atoms with van der Waals surface area (Å²) in [5.74, 6) is 0.335. The van der Waals surface area contributed by atoms with Crippen LogP contribution in [-0.2, 0) is 0 Å². The summed E-state index contributed by atoms with van der Waals surface area (Å²) in [6.45, 7) is 7.90. The van der Waals surface area contributed by atoms with Crippen molar-refractivity contribution < 1.29 is 9.90 Å². The Morgan fingerprint density at radius 2 is 2.12 bits per heavy atom. The lowest BCUT2D eigenvalue weighted by Gasteiger charge is -2.25. The lowest BCUT2D eigenvalue weighted by atomic mass is 10.0. The Kier molecular flexibility index (Phi) is 4.33. The van der Waals surface area contributed by atoms with Crippen LogP contribution in [0.3, 0.4) is 0 Å². The van der Waals surface area contributed by atoms with E-state index < -0.39 is 5.60 Å². The summed E-state index contributed by atoms with van der Waals surface area (Å²) in [6.07, 6.45) is 0. The zero-order chi connectivity index (χ0) is 13.2. The molecule has 3 nitrogen and oxygen atoms in total. The average Bonchev–Trinajstić information content (AvgIpc) is 2.61. The van der Waals surface area contributed by atoms with Crippen LogP contribution in [0.25, 0.3) is 0 Å². The van der Waals surface area contributed by atoms with Crippen molar-refractivity contribution in [1.29, 1.82) is 0 Å². The van der Waals surface area contributed by atoms with Crippen molar-refractivity contribution in [2.24, 2.45) is 0 Å². The van der Waals surface area contributed by atoms with E-state index >= 15 is 0 Å². The summed E-state index contributed by atoms with van der Waals surface area (Å²) in [5, 5.41) is 11.7. The van der Waals surface area contributed by atoms with Crippen LogP contribution >= 0.6 is 11.3 Å². The number of thiophene rings is 1.